The standard InChI is InChI=1S/C11H8BrNO3/c12-9-4-2-1-3-7(9)5-8-6-10(11(14)15)13-16-8/h1-4,6H,5H2,(H,14,15). The van der Waals surface area contributed by atoms with Crippen molar-refractivity contribution >= 4 is 21.9 Å². The van der Waals surface area contributed by atoms with Gasteiger partial charge in [0.15, 0.2) is 5.69 Å². The Morgan fingerprint density at radius 2 is 2.19 bits per heavy atom. The predicted octanol–water partition coefficient (Wildman–Crippen LogP) is 2.73. The second-order valence-corrected chi connectivity index (χ2v) is 4.11. The lowest BCUT2D eigenvalue weighted by molar-refractivity contribution is 0.0685. The van der Waals surface area contributed by atoms with Crippen molar-refractivity contribution in [3.63, 3.8) is 0 Å². The van der Waals surface area contributed by atoms with Gasteiger partial charge in [0.05, 0.1) is 0 Å². The van der Waals surface area contributed by atoms with Crippen molar-refractivity contribution in [2.24, 2.45) is 0 Å². The fourth-order valence-electron chi connectivity index (χ4n) is 1.33. The monoisotopic (exact) mass is 281 g/mol. The molecule has 0 saturated heterocycles. The van der Waals surface area contributed by atoms with E-state index in [9.17, 15) is 4.79 Å². The smallest absolute Gasteiger partial charge is 0.358 e. The first-order valence-corrected chi connectivity index (χ1v) is 5.38. The zero-order valence-electron chi connectivity index (χ0n) is 8.18. The SMILES string of the molecule is O=C(O)c1cc(Cc2ccccc2Br)on1. The van der Waals surface area contributed by atoms with Gasteiger partial charge in [0.1, 0.15) is 5.76 Å². The molecule has 1 aromatic heterocycles. The molecule has 1 heterocycles. The number of hydrogen-bond donors (Lipinski definition) is 1. The second-order valence-electron chi connectivity index (χ2n) is 3.25. The summed E-state index contributed by atoms with van der Waals surface area (Å²) in [5.74, 6) is -0.550. The van der Waals surface area contributed by atoms with Crippen LogP contribution in [0.3, 0.4) is 0 Å². The fourth-order valence-corrected chi connectivity index (χ4v) is 1.75. The van der Waals surface area contributed by atoms with Gasteiger partial charge >= 0.3 is 5.97 Å². The van der Waals surface area contributed by atoms with Gasteiger partial charge in [0, 0.05) is 17.0 Å². The van der Waals surface area contributed by atoms with Gasteiger partial charge in [0.25, 0.3) is 0 Å². The van der Waals surface area contributed by atoms with Crippen LogP contribution in [-0.4, -0.2) is 16.2 Å². The minimum atomic E-state index is -1.08. The summed E-state index contributed by atoms with van der Waals surface area (Å²) >= 11 is 3.41. The maximum absolute atomic E-state index is 10.6. The van der Waals surface area contributed by atoms with Crippen molar-refractivity contribution in [2.45, 2.75) is 6.42 Å². The van der Waals surface area contributed by atoms with Gasteiger partial charge in [-0.15, -0.1) is 0 Å². The van der Waals surface area contributed by atoms with E-state index >= 15 is 0 Å². The topological polar surface area (TPSA) is 63.3 Å². The van der Waals surface area contributed by atoms with Crippen LogP contribution in [0.25, 0.3) is 0 Å². The molecule has 0 aliphatic carbocycles. The number of rotatable bonds is 3. The van der Waals surface area contributed by atoms with Crippen molar-refractivity contribution in [1.82, 2.24) is 5.16 Å². The van der Waals surface area contributed by atoms with E-state index in [1.807, 2.05) is 24.3 Å². The van der Waals surface area contributed by atoms with Gasteiger partial charge in [-0.3, -0.25) is 0 Å². The molecular formula is C11H8BrNO3. The summed E-state index contributed by atoms with van der Waals surface area (Å²) in [6, 6.07) is 9.11. The number of benzene rings is 1. The molecule has 0 spiro atoms. The molecule has 0 bridgehead atoms. The average Bonchev–Trinajstić information content (AvgIpc) is 2.70. The molecule has 1 aromatic carbocycles. The third kappa shape index (κ3) is 2.30. The van der Waals surface area contributed by atoms with Crippen molar-refractivity contribution in [3.05, 3.63) is 51.8 Å². The first-order valence-electron chi connectivity index (χ1n) is 4.59. The van der Waals surface area contributed by atoms with Crippen LogP contribution in [0.15, 0.2) is 39.3 Å². The number of carbonyl (C=O) groups is 1. The van der Waals surface area contributed by atoms with Gasteiger partial charge in [0.2, 0.25) is 0 Å². The maximum atomic E-state index is 10.6. The van der Waals surface area contributed by atoms with E-state index in [2.05, 4.69) is 21.1 Å². The average molecular weight is 282 g/mol. The lowest BCUT2D eigenvalue weighted by atomic mass is 10.1. The summed E-state index contributed by atoms with van der Waals surface area (Å²) in [6.07, 6.45) is 0.516. The van der Waals surface area contributed by atoms with Gasteiger partial charge < -0.3 is 9.63 Å². The predicted molar refractivity (Wildman–Crippen MR) is 60.4 cm³/mol. The Balaban J connectivity index is 2.21. The molecule has 5 heteroatoms. The number of hydrogen-bond acceptors (Lipinski definition) is 3. The van der Waals surface area contributed by atoms with Crippen LogP contribution in [0.4, 0.5) is 0 Å². The van der Waals surface area contributed by atoms with Crippen LogP contribution in [0.5, 0.6) is 0 Å². The first-order chi connectivity index (χ1) is 7.66. The number of halogens is 1. The molecule has 0 radical (unpaired) electrons. The molecule has 0 aliphatic rings. The van der Waals surface area contributed by atoms with Crippen LogP contribution in [0.2, 0.25) is 0 Å². The first kappa shape index (κ1) is 10.9. The maximum Gasteiger partial charge on any atom is 0.358 e. The molecule has 4 nitrogen and oxygen atoms in total. The number of nitrogens with zero attached hydrogens (tertiary/aromatic N) is 1. The summed E-state index contributed by atoms with van der Waals surface area (Å²) in [5.41, 5.74) is 0.956. The molecule has 0 amide bonds. The van der Waals surface area contributed by atoms with E-state index in [1.54, 1.807) is 0 Å². The molecule has 2 rings (SSSR count). The molecule has 0 unspecified atom stereocenters. The van der Waals surface area contributed by atoms with Crippen LogP contribution in [-0.2, 0) is 6.42 Å². The van der Waals surface area contributed by atoms with Crippen molar-refractivity contribution in [3.8, 4) is 0 Å². The van der Waals surface area contributed by atoms with Crippen molar-refractivity contribution in [1.29, 1.82) is 0 Å². The highest BCUT2D eigenvalue weighted by atomic mass is 79.9. The molecule has 0 saturated carbocycles. The van der Waals surface area contributed by atoms with Crippen LogP contribution >= 0.6 is 15.9 Å². The Morgan fingerprint density at radius 1 is 1.44 bits per heavy atom. The van der Waals surface area contributed by atoms with E-state index in [0.717, 1.165) is 10.0 Å². The third-order valence-electron chi connectivity index (χ3n) is 2.10. The number of aromatic carboxylic acids is 1. The van der Waals surface area contributed by atoms with Gasteiger partial charge in [-0.05, 0) is 11.6 Å². The zero-order chi connectivity index (χ0) is 11.5. The van der Waals surface area contributed by atoms with E-state index in [1.165, 1.54) is 6.07 Å². The van der Waals surface area contributed by atoms with Crippen molar-refractivity contribution in [2.75, 3.05) is 0 Å². The summed E-state index contributed by atoms with van der Waals surface area (Å²) < 4.78 is 5.89. The molecule has 1 N–H and O–H groups in total. The normalized spacial score (nSPS) is 10.3. The van der Waals surface area contributed by atoms with Crippen LogP contribution in [0, 0.1) is 0 Å². The Labute approximate surface area is 100 Å². The molecule has 82 valence electrons. The summed E-state index contributed by atoms with van der Waals surface area (Å²) in [4.78, 5) is 10.6. The Hall–Kier alpha value is -1.62. The van der Waals surface area contributed by atoms with Crippen LogP contribution in [0.1, 0.15) is 21.8 Å². The molecule has 0 atom stereocenters. The Kier molecular flexibility index (Phi) is 3.05. The second kappa shape index (κ2) is 4.49. The highest BCUT2D eigenvalue weighted by molar-refractivity contribution is 9.10. The lowest BCUT2D eigenvalue weighted by Crippen LogP contribution is -1.94. The fraction of sp³-hybridized carbons (Fsp3) is 0.0909. The third-order valence-corrected chi connectivity index (χ3v) is 2.87. The molecular weight excluding hydrogens is 274 g/mol. The van der Waals surface area contributed by atoms with E-state index in [0.29, 0.717) is 12.2 Å². The highest BCUT2D eigenvalue weighted by Gasteiger charge is 2.11. The minimum Gasteiger partial charge on any atom is -0.476 e. The zero-order valence-corrected chi connectivity index (χ0v) is 9.77. The van der Waals surface area contributed by atoms with Gasteiger partial charge in [-0.1, -0.05) is 39.3 Å². The lowest BCUT2D eigenvalue weighted by Gasteiger charge is -1.99. The van der Waals surface area contributed by atoms with E-state index in [4.69, 9.17) is 9.63 Å². The Bertz CT molecular complexity index is 521. The summed E-state index contributed by atoms with van der Waals surface area (Å²) in [7, 11) is 0. The van der Waals surface area contributed by atoms with Gasteiger partial charge in [-0.2, -0.15) is 0 Å². The minimum absolute atomic E-state index is 0.0675. The summed E-state index contributed by atoms with van der Waals surface area (Å²) in [5, 5.41) is 12.1. The summed E-state index contributed by atoms with van der Waals surface area (Å²) in [6.45, 7) is 0. The molecule has 16 heavy (non-hydrogen) atoms. The van der Waals surface area contributed by atoms with E-state index < -0.39 is 5.97 Å². The molecule has 2 aromatic rings. The van der Waals surface area contributed by atoms with Crippen molar-refractivity contribution < 1.29 is 14.4 Å². The largest absolute Gasteiger partial charge is 0.476 e. The molecule has 0 fully saturated rings. The Morgan fingerprint density at radius 3 is 2.81 bits per heavy atom. The number of carboxylic acid groups (broad SMARTS) is 1. The van der Waals surface area contributed by atoms with E-state index in [-0.39, 0.29) is 5.69 Å². The quantitative estimate of drug-likeness (QED) is 0.940. The van der Waals surface area contributed by atoms with Gasteiger partial charge in [-0.25, -0.2) is 4.79 Å². The molecule has 0 aliphatic heterocycles. The number of carboxylic acids is 1. The highest BCUT2D eigenvalue weighted by Crippen LogP contribution is 2.19. The van der Waals surface area contributed by atoms with Crippen LogP contribution < -0.4 is 0 Å². The number of aromatic nitrogens is 1.